The van der Waals surface area contributed by atoms with E-state index < -0.39 is 0 Å². The summed E-state index contributed by atoms with van der Waals surface area (Å²) in [6.07, 6.45) is 9.99. The maximum Gasteiger partial charge on any atom is 0.332 e. The Morgan fingerprint density at radius 3 is 2.42 bits per heavy atom. The second-order valence-electron chi connectivity index (χ2n) is 5.89. The molecule has 19 heavy (non-hydrogen) atoms. The number of hydrogen-bond donors (Lipinski definition) is 0. The fourth-order valence-electron chi connectivity index (χ4n) is 2.88. The average Bonchev–Trinajstić information content (AvgIpc) is 3.17. The molecule has 4 heteroatoms. The Bertz CT molecular complexity index is 475. The highest BCUT2D eigenvalue weighted by Gasteiger charge is 2.52. The molecular weight excluding hydrogens is 240 g/mol. The highest BCUT2D eigenvalue weighted by atomic mass is 16.2. The molecule has 0 bridgehead atoms. The van der Waals surface area contributed by atoms with Crippen molar-refractivity contribution in [1.29, 1.82) is 0 Å². The zero-order valence-electron chi connectivity index (χ0n) is 11.5. The molecule has 1 aliphatic heterocycles. The summed E-state index contributed by atoms with van der Waals surface area (Å²) in [7, 11) is 0. The third kappa shape index (κ3) is 1.99. The Kier molecular flexibility index (Phi) is 2.96. The number of carbonyl (C=O) groups is 2. The molecule has 1 saturated carbocycles. The Morgan fingerprint density at radius 2 is 1.89 bits per heavy atom. The van der Waals surface area contributed by atoms with Gasteiger partial charge in [0.05, 0.1) is 0 Å². The van der Waals surface area contributed by atoms with Crippen LogP contribution in [-0.2, 0) is 4.79 Å². The molecule has 4 nitrogen and oxygen atoms in total. The van der Waals surface area contributed by atoms with Crippen LogP contribution in [0, 0.1) is 5.92 Å². The lowest BCUT2D eigenvalue weighted by atomic mass is 10.0. The topological polar surface area (TPSA) is 40.6 Å². The van der Waals surface area contributed by atoms with Crippen LogP contribution >= 0.6 is 0 Å². The molecule has 0 aromatic carbocycles. The molecule has 0 N–H and O–H groups in total. The molecule has 0 unspecified atom stereocenters. The van der Waals surface area contributed by atoms with E-state index in [1.807, 2.05) is 19.9 Å². The fraction of sp³-hybridized carbons (Fsp3) is 0.600. The number of nitrogens with zero attached hydrogens (tertiary/aromatic N) is 2. The Hall–Kier alpha value is -1.58. The molecule has 0 radical (unpaired) electrons. The predicted molar refractivity (Wildman–Crippen MR) is 72.2 cm³/mol. The number of carbonyl (C=O) groups excluding carboxylic acids is 2. The van der Waals surface area contributed by atoms with Crippen LogP contribution in [0.1, 0.15) is 39.5 Å². The van der Waals surface area contributed by atoms with Crippen molar-refractivity contribution in [3.8, 4) is 0 Å². The zero-order chi connectivity index (χ0) is 13.6. The van der Waals surface area contributed by atoms with Crippen molar-refractivity contribution in [3.05, 3.63) is 23.9 Å². The lowest BCUT2D eigenvalue weighted by Crippen LogP contribution is -2.38. The molecule has 3 amide bonds. The van der Waals surface area contributed by atoms with Gasteiger partial charge in [-0.05, 0) is 37.7 Å². The molecular formula is C15H20N2O2. The van der Waals surface area contributed by atoms with E-state index in [-0.39, 0.29) is 29.9 Å². The minimum atomic E-state index is -0.331. The van der Waals surface area contributed by atoms with Crippen molar-refractivity contribution < 1.29 is 9.59 Å². The van der Waals surface area contributed by atoms with Gasteiger partial charge in [-0.25, -0.2) is 4.79 Å². The van der Waals surface area contributed by atoms with E-state index in [0.29, 0.717) is 0 Å². The smallest absolute Gasteiger partial charge is 0.282 e. The summed E-state index contributed by atoms with van der Waals surface area (Å²) in [5.74, 6) is 0.124. The van der Waals surface area contributed by atoms with Crippen LogP contribution < -0.4 is 0 Å². The van der Waals surface area contributed by atoms with Crippen LogP contribution in [0.5, 0.6) is 0 Å². The number of amides is 3. The Morgan fingerprint density at radius 1 is 1.16 bits per heavy atom. The van der Waals surface area contributed by atoms with E-state index in [2.05, 4.69) is 12.2 Å². The monoisotopic (exact) mass is 260 g/mol. The molecule has 3 rings (SSSR count). The van der Waals surface area contributed by atoms with Gasteiger partial charge >= 0.3 is 6.03 Å². The molecule has 1 heterocycles. The first-order valence-electron chi connectivity index (χ1n) is 7.14. The zero-order valence-corrected chi connectivity index (χ0v) is 11.5. The van der Waals surface area contributed by atoms with Crippen molar-refractivity contribution in [2.45, 2.75) is 51.6 Å². The van der Waals surface area contributed by atoms with E-state index in [1.54, 1.807) is 4.90 Å². The molecule has 0 spiro atoms. The first-order valence-corrected chi connectivity index (χ1v) is 7.14. The SMILES string of the molecule is CC(C)[C@@H]1C(=O)N(C2CC2)C(=O)N1C1=CCCC=C1. The summed E-state index contributed by atoms with van der Waals surface area (Å²) < 4.78 is 0. The van der Waals surface area contributed by atoms with Crippen LogP contribution in [0.4, 0.5) is 4.79 Å². The molecule has 1 atom stereocenters. The maximum absolute atomic E-state index is 12.6. The van der Waals surface area contributed by atoms with Gasteiger partial charge in [0.15, 0.2) is 0 Å². The van der Waals surface area contributed by atoms with E-state index >= 15 is 0 Å². The minimum Gasteiger partial charge on any atom is -0.282 e. The molecule has 102 valence electrons. The second-order valence-corrected chi connectivity index (χ2v) is 5.89. The van der Waals surface area contributed by atoms with Crippen LogP contribution in [0.2, 0.25) is 0 Å². The third-order valence-electron chi connectivity index (χ3n) is 3.98. The first-order chi connectivity index (χ1) is 9.11. The van der Waals surface area contributed by atoms with Crippen molar-refractivity contribution in [2.75, 3.05) is 0 Å². The summed E-state index contributed by atoms with van der Waals surface area (Å²) in [5, 5.41) is 0. The average molecular weight is 260 g/mol. The van der Waals surface area contributed by atoms with E-state index in [0.717, 1.165) is 31.4 Å². The number of hydrogen-bond acceptors (Lipinski definition) is 2. The van der Waals surface area contributed by atoms with E-state index in [4.69, 9.17) is 0 Å². The van der Waals surface area contributed by atoms with Gasteiger partial charge in [0.1, 0.15) is 6.04 Å². The fourth-order valence-corrected chi connectivity index (χ4v) is 2.88. The van der Waals surface area contributed by atoms with Gasteiger partial charge in [-0.2, -0.15) is 0 Å². The van der Waals surface area contributed by atoms with Crippen LogP contribution in [0.3, 0.4) is 0 Å². The highest BCUT2D eigenvalue weighted by Crippen LogP contribution is 2.37. The van der Waals surface area contributed by atoms with Crippen molar-refractivity contribution in [1.82, 2.24) is 9.80 Å². The maximum atomic E-state index is 12.6. The van der Waals surface area contributed by atoms with Gasteiger partial charge in [-0.1, -0.05) is 26.0 Å². The predicted octanol–water partition coefficient (Wildman–Crippen LogP) is 2.67. The number of rotatable bonds is 3. The van der Waals surface area contributed by atoms with Gasteiger partial charge in [0, 0.05) is 11.7 Å². The Balaban J connectivity index is 1.95. The molecule has 2 aliphatic carbocycles. The standard InChI is InChI=1S/C15H20N2O2/c1-10(2)13-14(18)17(12-8-9-12)15(19)16(13)11-6-4-3-5-7-11/h4,6-7,10,12-13H,3,5,8-9H2,1-2H3/t13-/m1/s1. The summed E-state index contributed by atoms with van der Waals surface area (Å²) in [5.41, 5.74) is 0.895. The van der Waals surface area contributed by atoms with Crippen molar-refractivity contribution >= 4 is 11.9 Å². The van der Waals surface area contributed by atoms with Gasteiger partial charge < -0.3 is 0 Å². The summed E-state index contributed by atoms with van der Waals surface area (Å²) in [4.78, 5) is 28.3. The molecule has 1 saturated heterocycles. The summed E-state index contributed by atoms with van der Waals surface area (Å²) >= 11 is 0. The number of allylic oxidation sites excluding steroid dienone is 3. The van der Waals surface area contributed by atoms with Gasteiger partial charge in [-0.3, -0.25) is 14.6 Å². The van der Waals surface area contributed by atoms with Crippen molar-refractivity contribution in [2.24, 2.45) is 5.92 Å². The minimum absolute atomic E-state index is 0.0117. The normalized spacial score (nSPS) is 27.5. The van der Waals surface area contributed by atoms with E-state index in [9.17, 15) is 9.59 Å². The second kappa shape index (κ2) is 4.51. The highest BCUT2D eigenvalue weighted by molar-refractivity contribution is 6.06. The Labute approximate surface area is 113 Å². The molecule has 0 aromatic rings. The van der Waals surface area contributed by atoms with Gasteiger partial charge in [0.25, 0.3) is 5.91 Å². The van der Waals surface area contributed by atoms with Crippen LogP contribution in [0.15, 0.2) is 23.9 Å². The number of urea groups is 1. The summed E-state index contributed by atoms with van der Waals surface area (Å²) in [6.45, 7) is 4.01. The van der Waals surface area contributed by atoms with Gasteiger partial charge in [0.2, 0.25) is 0 Å². The lowest BCUT2D eigenvalue weighted by Gasteiger charge is -2.26. The summed E-state index contributed by atoms with van der Waals surface area (Å²) in [6, 6.07) is -0.300. The van der Waals surface area contributed by atoms with E-state index in [1.165, 1.54) is 4.90 Å². The van der Waals surface area contributed by atoms with Crippen molar-refractivity contribution in [3.63, 3.8) is 0 Å². The quantitative estimate of drug-likeness (QED) is 0.732. The number of imide groups is 1. The van der Waals surface area contributed by atoms with Crippen LogP contribution in [-0.4, -0.2) is 33.8 Å². The molecule has 2 fully saturated rings. The largest absolute Gasteiger partial charge is 0.332 e. The third-order valence-corrected chi connectivity index (χ3v) is 3.98. The van der Waals surface area contributed by atoms with Crippen LogP contribution in [0.25, 0.3) is 0 Å². The lowest BCUT2D eigenvalue weighted by molar-refractivity contribution is -0.129. The first kappa shape index (κ1) is 12.5. The van der Waals surface area contributed by atoms with Gasteiger partial charge in [-0.15, -0.1) is 0 Å². The molecule has 3 aliphatic rings. The molecule has 0 aromatic heterocycles.